The number of nitrogens with zero attached hydrogens (tertiary/aromatic N) is 3. The van der Waals surface area contributed by atoms with Gasteiger partial charge in [-0.2, -0.15) is 4.68 Å². The van der Waals surface area contributed by atoms with E-state index in [0.717, 1.165) is 24.3 Å². The van der Waals surface area contributed by atoms with Crippen LogP contribution in [-0.2, 0) is 30.1 Å². The normalized spacial score (nSPS) is 31.4. The monoisotopic (exact) mass is 456 g/mol. The highest BCUT2D eigenvalue weighted by molar-refractivity contribution is 8.03. The van der Waals surface area contributed by atoms with Gasteiger partial charge >= 0.3 is 5.97 Å². The van der Waals surface area contributed by atoms with Crippen molar-refractivity contribution in [3.05, 3.63) is 28.6 Å². The van der Waals surface area contributed by atoms with E-state index in [1.54, 1.807) is 18.7 Å². The number of halogens is 1. The molecule has 2 saturated heterocycles. The third kappa shape index (κ3) is 3.66. The largest absolute Gasteiger partial charge is 1.00 e. The summed E-state index contributed by atoms with van der Waals surface area (Å²) < 4.78 is 4.17. The summed E-state index contributed by atoms with van der Waals surface area (Å²) in [5.41, 5.74) is 1.37. The summed E-state index contributed by atoms with van der Waals surface area (Å²) >= 11 is 1.60. The molecule has 166 valence electrons. The van der Waals surface area contributed by atoms with Gasteiger partial charge in [0.05, 0.1) is 30.8 Å². The van der Waals surface area contributed by atoms with Crippen LogP contribution in [0, 0.1) is 11.8 Å². The van der Waals surface area contributed by atoms with Gasteiger partial charge in [0.15, 0.2) is 13.2 Å². The van der Waals surface area contributed by atoms with E-state index in [4.69, 9.17) is 0 Å². The van der Waals surface area contributed by atoms with E-state index in [9.17, 15) is 19.8 Å². The number of hydrogen-bond donors (Lipinski definition) is 3. The highest BCUT2D eigenvalue weighted by Gasteiger charge is 2.60. The van der Waals surface area contributed by atoms with Crippen molar-refractivity contribution in [2.75, 3.05) is 6.54 Å². The van der Waals surface area contributed by atoms with Gasteiger partial charge < -0.3 is 32.8 Å². The third-order valence-electron chi connectivity index (χ3n) is 6.61. The topological polar surface area (TPSA) is 98.7 Å². The molecule has 3 aliphatic rings. The number of carbonyl (C=O) groups excluding carboxylic acids is 1. The van der Waals surface area contributed by atoms with Gasteiger partial charge in [-0.15, -0.1) is 16.4 Å². The van der Waals surface area contributed by atoms with E-state index in [2.05, 4.69) is 16.1 Å². The summed E-state index contributed by atoms with van der Waals surface area (Å²) in [6.45, 7) is 4.39. The molecule has 0 aromatic carbocycles. The molecule has 30 heavy (non-hydrogen) atoms. The Morgan fingerprint density at radius 1 is 1.47 bits per heavy atom. The van der Waals surface area contributed by atoms with Crippen molar-refractivity contribution in [3.63, 3.8) is 0 Å². The van der Waals surface area contributed by atoms with Gasteiger partial charge in [-0.3, -0.25) is 4.79 Å². The first-order valence-electron chi connectivity index (χ1n) is 10.1. The number of β-lactam (4-membered cyclic amide) rings is 1. The van der Waals surface area contributed by atoms with Gasteiger partial charge in [-0.05, 0) is 13.3 Å². The lowest BCUT2D eigenvalue weighted by Crippen LogP contribution is -3.00. The zero-order chi connectivity index (χ0) is 21.0. The number of amides is 1. The maximum Gasteiger partial charge on any atom is 0.353 e. The van der Waals surface area contributed by atoms with Crippen molar-refractivity contribution >= 4 is 23.6 Å². The number of carboxylic acid groups (broad SMARTS) is 1. The molecule has 0 saturated carbocycles. The van der Waals surface area contributed by atoms with Crippen molar-refractivity contribution in [3.8, 4) is 0 Å². The first-order valence-corrected chi connectivity index (χ1v) is 11.0. The number of nitrogens with one attached hydrogen (secondary N) is 1. The number of rotatable bonds is 6. The second-order valence-electron chi connectivity index (χ2n) is 8.46. The number of aryl methyl sites for hydroxylation is 1. The molecule has 10 heteroatoms. The number of carbonyl (C=O) groups is 2. The molecule has 2 fully saturated rings. The van der Waals surface area contributed by atoms with Gasteiger partial charge in [-0.25, -0.2) is 4.79 Å². The number of aromatic nitrogens is 2. The quantitative estimate of drug-likeness (QED) is 0.312. The van der Waals surface area contributed by atoms with E-state index in [1.165, 1.54) is 10.6 Å². The molecule has 3 N–H and O–H groups in total. The second kappa shape index (κ2) is 8.53. The number of hydrogen-bond acceptors (Lipinski definition) is 5. The minimum atomic E-state index is -1.06. The Morgan fingerprint density at radius 2 is 2.17 bits per heavy atom. The number of fused-ring (bicyclic) bond motifs is 1. The first kappa shape index (κ1) is 23.1. The van der Waals surface area contributed by atoms with Crippen molar-refractivity contribution in [1.29, 1.82) is 0 Å². The predicted molar refractivity (Wildman–Crippen MR) is 108 cm³/mol. The summed E-state index contributed by atoms with van der Waals surface area (Å²) in [4.78, 5) is 26.6. The smallest absolute Gasteiger partial charge is 0.353 e. The molecule has 4 heterocycles. The van der Waals surface area contributed by atoms with E-state index in [-0.39, 0.29) is 41.2 Å². The molecule has 1 aromatic heterocycles. The molecule has 0 unspecified atom stereocenters. The summed E-state index contributed by atoms with van der Waals surface area (Å²) in [6, 6.07) is 2.22. The second-order valence-corrected chi connectivity index (χ2v) is 9.80. The molecule has 8 nitrogen and oxygen atoms in total. The number of aliphatic hydroxyl groups is 1. The highest BCUT2D eigenvalue weighted by atomic mass is 35.5. The van der Waals surface area contributed by atoms with Crippen LogP contribution in [-0.4, -0.2) is 61.7 Å². The number of carboxylic acids is 1. The van der Waals surface area contributed by atoms with Crippen LogP contribution in [0.3, 0.4) is 0 Å². The summed E-state index contributed by atoms with van der Waals surface area (Å²) in [5, 5.41) is 23.6. The molecule has 0 bridgehead atoms. The molecule has 0 spiro atoms. The van der Waals surface area contributed by atoms with Gasteiger partial charge in [0.1, 0.15) is 5.70 Å². The van der Waals surface area contributed by atoms with Gasteiger partial charge in [0.2, 0.25) is 5.91 Å². The van der Waals surface area contributed by atoms with Crippen molar-refractivity contribution in [2.24, 2.45) is 25.9 Å². The summed E-state index contributed by atoms with van der Waals surface area (Å²) in [7, 11) is 4.05. The van der Waals surface area contributed by atoms with E-state index >= 15 is 0 Å². The maximum absolute atomic E-state index is 12.5. The Morgan fingerprint density at radius 3 is 2.73 bits per heavy atom. The average molecular weight is 457 g/mol. The third-order valence-corrected chi connectivity index (χ3v) is 8.12. The van der Waals surface area contributed by atoms with Crippen molar-refractivity contribution in [2.45, 2.75) is 50.1 Å². The lowest BCUT2D eigenvalue weighted by atomic mass is 9.79. The SMILES string of the molecule is C[C@@H](O)[C@H]1C(=O)N2C(C(=O)O)=C(S[C@@H]3CN[C@H](Cc4cc[n+](C)n4C)C3)[C@H](C)[C@H]12.[Cl-]. The van der Waals surface area contributed by atoms with E-state index < -0.39 is 18.0 Å². The fraction of sp³-hybridized carbons (Fsp3) is 0.650. The van der Waals surface area contributed by atoms with Crippen LogP contribution in [0.5, 0.6) is 0 Å². The van der Waals surface area contributed by atoms with Crippen LogP contribution in [0.1, 0.15) is 26.0 Å². The van der Waals surface area contributed by atoms with Crippen molar-refractivity contribution in [1.82, 2.24) is 14.9 Å². The Hall–Kier alpha value is -1.55. The molecular weight excluding hydrogens is 428 g/mol. The molecule has 0 radical (unpaired) electrons. The summed E-state index contributed by atoms with van der Waals surface area (Å²) in [5.74, 6) is -1.92. The lowest BCUT2D eigenvalue weighted by Gasteiger charge is -2.46. The molecule has 1 aromatic rings. The Kier molecular flexibility index (Phi) is 6.57. The zero-order valence-corrected chi connectivity index (χ0v) is 19.2. The average Bonchev–Trinajstić information content (AvgIpc) is 3.28. The Labute approximate surface area is 186 Å². The van der Waals surface area contributed by atoms with Crippen LogP contribution in [0.15, 0.2) is 22.9 Å². The zero-order valence-electron chi connectivity index (χ0n) is 17.6. The van der Waals surface area contributed by atoms with E-state index in [0.29, 0.717) is 6.04 Å². The highest BCUT2D eigenvalue weighted by Crippen LogP contribution is 2.51. The van der Waals surface area contributed by atoms with Crippen LogP contribution in [0.4, 0.5) is 0 Å². The number of aliphatic hydroxyl groups excluding tert-OH is 1. The molecule has 3 aliphatic heterocycles. The summed E-state index contributed by atoms with van der Waals surface area (Å²) in [6.07, 6.45) is 3.14. The van der Waals surface area contributed by atoms with Gasteiger partial charge in [0, 0.05) is 41.1 Å². The van der Waals surface area contributed by atoms with Crippen molar-refractivity contribution < 1.29 is 36.9 Å². The van der Waals surface area contributed by atoms with Gasteiger partial charge in [-0.1, -0.05) is 6.92 Å². The molecule has 0 aliphatic carbocycles. The predicted octanol–water partition coefficient (Wildman–Crippen LogP) is -2.99. The fourth-order valence-electron chi connectivity index (χ4n) is 4.94. The molecule has 1 amide bonds. The number of aliphatic carboxylic acids is 1. The van der Waals surface area contributed by atoms with E-state index in [1.807, 2.05) is 31.9 Å². The minimum absolute atomic E-state index is 0. The minimum Gasteiger partial charge on any atom is -1.00 e. The Balaban J connectivity index is 0.00000256. The molecular formula is C20H29ClN4O4S. The standard InChI is InChI=1S/C20H28N4O4S.ClH/c1-10-16-15(11(2)25)19(26)24(16)17(20(27)28)18(10)29-14-8-12(21-9-14)7-13-5-6-22(3)23(13)4;/h5-6,10-12,14-16,21,25H,7-9H2,1-4H3;1H/t10-,11-,12-,14+,15-,16-;/m1./s1. The molecule has 6 atom stereocenters. The maximum atomic E-state index is 12.5. The van der Waals surface area contributed by atoms with Crippen LogP contribution in [0.25, 0.3) is 0 Å². The lowest BCUT2D eigenvalue weighted by molar-refractivity contribution is -0.751. The fourth-order valence-corrected chi connectivity index (χ4v) is 6.46. The Bertz CT molecular complexity index is 886. The van der Waals surface area contributed by atoms with Crippen LogP contribution < -0.4 is 22.4 Å². The van der Waals surface area contributed by atoms with Crippen LogP contribution in [0.2, 0.25) is 0 Å². The first-order chi connectivity index (χ1) is 13.7. The number of thioether (sulfide) groups is 1. The molecule has 4 rings (SSSR count). The van der Waals surface area contributed by atoms with Crippen LogP contribution >= 0.6 is 11.8 Å². The van der Waals surface area contributed by atoms with Gasteiger partial charge in [0.25, 0.3) is 0 Å².